The second kappa shape index (κ2) is 7.81. The van der Waals surface area contributed by atoms with Crippen molar-refractivity contribution in [1.82, 2.24) is 4.57 Å². The molecule has 0 saturated heterocycles. The van der Waals surface area contributed by atoms with Gasteiger partial charge >= 0.3 is 0 Å². The first kappa shape index (κ1) is 18.5. The van der Waals surface area contributed by atoms with E-state index in [1.54, 1.807) is 7.11 Å². The topological polar surface area (TPSA) is 40.5 Å². The summed E-state index contributed by atoms with van der Waals surface area (Å²) in [6.07, 6.45) is 0. The Morgan fingerprint density at radius 2 is 2.04 bits per heavy atom. The van der Waals surface area contributed by atoms with Crippen LogP contribution in [-0.4, -0.2) is 30.7 Å². The molecule has 4 nitrogen and oxygen atoms in total. The summed E-state index contributed by atoms with van der Waals surface area (Å²) in [5.41, 5.74) is 2.46. The molecule has 0 bridgehead atoms. The Labute approximate surface area is 146 Å². The van der Waals surface area contributed by atoms with Crippen molar-refractivity contribution in [3.63, 3.8) is 0 Å². The van der Waals surface area contributed by atoms with E-state index in [4.69, 9.17) is 21.1 Å². The summed E-state index contributed by atoms with van der Waals surface area (Å²) in [4.78, 5) is 12.5. The number of nitrogens with zero attached hydrogens (tertiary/aromatic N) is 1. The summed E-state index contributed by atoms with van der Waals surface area (Å²) in [5, 5.41) is 0.141. The Kier molecular flexibility index (Phi) is 6.02. The highest BCUT2D eigenvalue weighted by atomic mass is 35.5. The van der Waals surface area contributed by atoms with Gasteiger partial charge in [0.2, 0.25) is 5.78 Å². The van der Waals surface area contributed by atoms with E-state index in [1.165, 1.54) is 12.1 Å². The summed E-state index contributed by atoms with van der Waals surface area (Å²) in [7, 11) is 1.65. The van der Waals surface area contributed by atoms with Gasteiger partial charge in [0.15, 0.2) is 6.61 Å². The van der Waals surface area contributed by atoms with Crippen molar-refractivity contribution in [1.29, 1.82) is 0 Å². The summed E-state index contributed by atoms with van der Waals surface area (Å²) >= 11 is 5.90. The van der Waals surface area contributed by atoms with Crippen molar-refractivity contribution in [2.45, 2.75) is 26.8 Å². The Bertz CT molecular complexity index is 742. The molecule has 24 heavy (non-hydrogen) atoms. The van der Waals surface area contributed by atoms with Gasteiger partial charge in [0.1, 0.15) is 11.6 Å². The van der Waals surface area contributed by atoms with E-state index in [0.717, 1.165) is 17.5 Å². The van der Waals surface area contributed by atoms with Crippen LogP contribution in [0.2, 0.25) is 5.02 Å². The molecule has 0 unspecified atom stereocenters. The minimum atomic E-state index is -0.450. The van der Waals surface area contributed by atoms with Gasteiger partial charge < -0.3 is 14.0 Å². The van der Waals surface area contributed by atoms with E-state index in [-0.39, 0.29) is 29.2 Å². The fourth-order valence-electron chi connectivity index (χ4n) is 2.87. The third kappa shape index (κ3) is 3.97. The molecule has 0 fully saturated rings. The highest BCUT2D eigenvalue weighted by Gasteiger charge is 2.19. The van der Waals surface area contributed by atoms with E-state index in [0.29, 0.717) is 12.2 Å². The van der Waals surface area contributed by atoms with Crippen LogP contribution in [0.25, 0.3) is 0 Å². The van der Waals surface area contributed by atoms with E-state index in [2.05, 4.69) is 4.57 Å². The average Bonchev–Trinajstić information content (AvgIpc) is 2.81. The molecule has 6 heteroatoms. The average molecular weight is 354 g/mol. The maximum atomic E-state index is 13.0. The summed E-state index contributed by atoms with van der Waals surface area (Å²) < 4.78 is 25.7. The Morgan fingerprint density at radius 3 is 2.67 bits per heavy atom. The Balaban J connectivity index is 2.14. The number of aryl methyl sites for hydroxylation is 1. The van der Waals surface area contributed by atoms with Crippen LogP contribution in [0.3, 0.4) is 0 Å². The number of hydrogen-bond donors (Lipinski definition) is 0. The van der Waals surface area contributed by atoms with Crippen LogP contribution in [0.5, 0.6) is 5.75 Å². The monoisotopic (exact) mass is 353 g/mol. The highest BCUT2D eigenvalue weighted by Crippen LogP contribution is 2.26. The lowest BCUT2D eigenvalue weighted by molar-refractivity contribution is 0.0920. The Morgan fingerprint density at radius 1 is 1.33 bits per heavy atom. The molecule has 1 aromatic heterocycles. The predicted molar refractivity (Wildman–Crippen MR) is 91.7 cm³/mol. The first-order chi connectivity index (χ1) is 11.3. The van der Waals surface area contributed by atoms with E-state index >= 15 is 0 Å². The number of rotatable bonds is 7. The maximum absolute atomic E-state index is 13.0. The van der Waals surface area contributed by atoms with Crippen LogP contribution >= 0.6 is 11.6 Å². The number of carbonyl (C=O) groups excluding carboxylic acids is 1. The molecular weight excluding hydrogens is 333 g/mol. The van der Waals surface area contributed by atoms with Crippen LogP contribution in [-0.2, 0) is 4.74 Å². The van der Waals surface area contributed by atoms with Crippen LogP contribution < -0.4 is 4.74 Å². The summed E-state index contributed by atoms with van der Waals surface area (Å²) in [5.74, 6) is -0.318. The molecular formula is C18H21ClFNO3. The van der Waals surface area contributed by atoms with Crippen molar-refractivity contribution >= 4 is 17.4 Å². The lowest BCUT2D eigenvalue weighted by Gasteiger charge is -2.17. The molecule has 0 radical (unpaired) electrons. The zero-order valence-electron chi connectivity index (χ0n) is 14.2. The van der Waals surface area contributed by atoms with Gasteiger partial charge in [0, 0.05) is 24.1 Å². The lowest BCUT2D eigenvalue weighted by Crippen LogP contribution is -2.16. The van der Waals surface area contributed by atoms with Crippen molar-refractivity contribution in [3.05, 3.63) is 52.1 Å². The van der Waals surface area contributed by atoms with Crippen molar-refractivity contribution < 1.29 is 18.7 Å². The molecule has 0 aliphatic heterocycles. The largest absolute Gasteiger partial charge is 0.484 e. The molecule has 130 valence electrons. The molecule has 0 amide bonds. The van der Waals surface area contributed by atoms with Gasteiger partial charge in [-0.05, 0) is 45.0 Å². The smallest absolute Gasteiger partial charge is 0.202 e. The van der Waals surface area contributed by atoms with Gasteiger partial charge in [-0.15, -0.1) is 0 Å². The molecule has 2 aromatic rings. The molecule has 1 heterocycles. The zero-order valence-corrected chi connectivity index (χ0v) is 15.0. The minimum absolute atomic E-state index is 0.129. The van der Waals surface area contributed by atoms with Gasteiger partial charge in [0.05, 0.1) is 17.7 Å². The summed E-state index contributed by atoms with van der Waals surface area (Å²) in [6.45, 7) is 6.29. The van der Waals surface area contributed by atoms with E-state index in [9.17, 15) is 9.18 Å². The van der Waals surface area contributed by atoms with Crippen LogP contribution in [0.1, 0.15) is 34.7 Å². The molecule has 0 spiro atoms. The molecule has 0 saturated carbocycles. The number of ether oxygens (including phenoxy) is 2. The fraction of sp³-hybridized carbons (Fsp3) is 0.389. The first-order valence-corrected chi connectivity index (χ1v) is 8.01. The van der Waals surface area contributed by atoms with E-state index in [1.807, 2.05) is 26.8 Å². The van der Waals surface area contributed by atoms with Gasteiger partial charge in [0.25, 0.3) is 0 Å². The quantitative estimate of drug-likeness (QED) is 0.694. The number of ketones is 1. The summed E-state index contributed by atoms with van der Waals surface area (Å²) in [6, 6.07) is 5.78. The zero-order chi connectivity index (χ0) is 17.9. The molecule has 0 aliphatic carbocycles. The minimum Gasteiger partial charge on any atom is -0.484 e. The lowest BCUT2D eigenvalue weighted by atomic mass is 10.1. The number of carbonyl (C=O) groups is 1. The molecule has 0 aliphatic rings. The number of methoxy groups -OCH3 is 1. The van der Waals surface area contributed by atoms with Gasteiger partial charge in [-0.2, -0.15) is 0 Å². The highest BCUT2D eigenvalue weighted by molar-refractivity contribution is 6.32. The predicted octanol–water partition coefficient (Wildman–Crippen LogP) is 4.37. The maximum Gasteiger partial charge on any atom is 0.202 e. The van der Waals surface area contributed by atoms with Gasteiger partial charge in [-0.3, -0.25) is 4.79 Å². The second-order valence-corrected chi connectivity index (χ2v) is 6.15. The van der Waals surface area contributed by atoms with Gasteiger partial charge in [-0.25, -0.2) is 4.39 Å². The van der Waals surface area contributed by atoms with Crippen molar-refractivity contribution in [3.8, 4) is 5.75 Å². The van der Waals surface area contributed by atoms with Crippen LogP contribution in [0, 0.1) is 19.7 Å². The number of Topliss-reactive ketones (excluding diaryl/α,β-unsaturated/α-hetero) is 1. The Hall–Kier alpha value is -1.85. The SMILES string of the molecule is COC[C@@H](C)n1c(C)cc(C(=O)COc2ccc(F)cc2Cl)c1C. The normalized spacial score (nSPS) is 12.2. The fourth-order valence-corrected chi connectivity index (χ4v) is 3.09. The number of halogens is 2. The third-order valence-corrected chi connectivity index (χ3v) is 4.18. The van der Waals surface area contributed by atoms with Crippen molar-refractivity contribution in [2.24, 2.45) is 0 Å². The standard InChI is InChI=1S/C18H21ClFNO3/c1-11-7-15(13(3)21(11)12(2)9-23-4)17(22)10-24-18-6-5-14(20)8-16(18)19/h5-8,12H,9-10H2,1-4H3/t12-/m1/s1. The molecule has 1 aromatic carbocycles. The number of aromatic nitrogens is 1. The van der Waals surface area contributed by atoms with Crippen molar-refractivity contribution in [2.75, 3.05) is 20.3 Å². The van der Waals surface area contributed by atoms with E-state index < -0.39 is 5.82 Å². The molecule has 2 rings (SSSR count). The van der Waals surface area contributed by atoms with Crippen LogP contribution in [0.15, 0.2) is 24.3 Å². The third-order valence-electron chi connectivity index (χ3n) is 3.89. The number of benzene rings is 1. The first-order valence-electron chi connectivity index (χ1n) is 7.63. The number of hydrogen-bond acceptors (Lipinski definition) is 3. The second-order valence-electron chi connectivity index (χ2n) is 5.75. The van der Waals surface area contributed by atoms with Gasteiger partial charge in [-0.1, -0.05) is 11.6 Å². The molecule has 0 N–H and O–H groups in total. The van der Waals surface area contributed by atoms with Crippen LogP contribution in [0.4, 0.5) is 4.39 Å². The molecule has 1 atom stereocenters.